The Morgan fingerprint density at radius 2 is 1.69 bits per heavy atom. The van der Waals surface area contributed by atoms with E-state index >= 15 is 0 Å². The van der Waals surface area contributed by atoms with Crippen LogP contribution in [0.4, 0.5) is 0 Å². The van der Waals surface area contributed by atoms with Crippen LogP contribution < -0.4 is 4.74 Å². The number of pyridine rings is 1. The molecular formula is C23H29N3O3. The highest BCUT2D eigenvalue weighted by Crippen LogP contribution is 2.32. The van der Waals surface area contributed by atoms with Crippen LogP contribution in [0, 0.1) is 0 Å². The Morgan fingerprint density at radius 3 is 2.31 bits per heavy atom. The van der Waals surface area contributed by atoms with E-state index in [9.17, 15) is 5.11 Å². The smallest absolute Gasteiger partial charge is 0.259 e. The molecule has 3 aromatic rings. The molecule has 154 valence electrons. The summed E-state index contributed by atoms with van der Waals surface area (Å²) in [6.45, 7) is 8.06. The summed E-state index contributed by atoms with van der Waals surface area (Å²) in [6, 6.07) is 6.07. The summed E-state index contributed by atoms with van der Waals surface area (Å²) in [5.74, 6) is 1.78. The standard InChI is InChI=1S/C23H29N3O3/c1-6-15-10-19(13-24-20(15)8-3)23-25-22(26-29-23)18-11-16(7-2)21(28-5)17(12-18)9-14(4)27/h10-14,27H,6-9H2,1-5H3. The first kappa shape index (κ1) is 21.0. The molecule has 6 heteroatoms. The maximum atomic E-state index is 9.88. The number of rotatable bonds is 8. The number of ether oxygens (including phenoxy) is 1. The Morgan fingerprint density at radius 1 is 1.00 bits per heavy atom. The molecule has 0 amide bonds. The lowest BCUT2D eigenvalue weighted by molar-refractivity contribution is 0.194. The van der Waals surface area contributed by atoms with Crippen LogP contribution in [-0.4, -0.2) is 33.4 Å². The summed E-state index contributed by atoms with van der Waals surface area (Å²) < 4.78 is 11.1. The SMILES string of the molecule is CCc1cc(-c2nc(-c3cc(CC)c(OC)c(CC(C)O)c3)no2)cnc1CC. The lowest BCUT2D eigenvalue weighted by Crippen LogP contribution is -2.07. The number of nitrogens with zero attached hydrogens (tertiary/aromatic N) is 3. The highest BCUT2D eigenvalue weighted by molar-refractivity contribution is 5.64. The van der Waals surface area contributed by atoms with Crippen molar-refractivity contribution in [3.05, 3.63) is 46.8 Å². The van der Waals surface area contributed by atoms with E-state index in [0.29, 0.717) is 18.1 Å². The van der Waals surface area contributed by atoms with Gasteiger partial charge in [0.15, 0.2) is 0 Å². The number of hydrogen-bond acceptors (Lipinski definition) is 6. The van der Waals surface area contributed by atoms with E-state index in [1.165, 1.54) is 5.56 Å². The Hall–Kier alpha value is -2.73. The number of aryl methyl sites for hydroxylation is 3. The van der Waals surface area contributed by atoms with Crippen molar-refractivity contribution in [3.63, 3.8) is 0 Å². The second-order valence-electron chi connectivity index (χ2n) is 7.19. The summed E-state index contributed by atoms with van der Waals surface area (Å²) in [5.41, 5.74) is 5.95. The van der Waals surface area contributed by atoms with Crippen LogP contribution in [0.5, 0.6) is 5.75 Å². The third-order valence-corrected chi connectivity index (χ3v) is 5.05. The highest BCUT2D eigenvalue weighted by Gasteiger charge is 2.18. The van der Waals surface area contributed by atoms with Crippen molar-refractivity contribution in [1.82, 2.24) is 15.1 Å². The molecule has 2 heterocycles. The van der Waals surface area contributed by atoms with E-state index in [-0.39, 0.29) is 0 Å². The van der Waals surface area contributed by atoms with Gasteiger partial charge in [-0.05, 0) is 61.1 Å². The van der Waals surface area contributed by atoms with E-state index in [4.69, 9.17) is 9.26 Å². The molecule has 1 unspecified atom stereocenters. The van der Waals surface area contributed by atoms with Gasteiger partial charge in [-0.3, -0.25) is 4.98 Å². The van der Waals surface area contributed by atoms with Crippen LogP contribution in [-0.2, 0) is 25.7 Å². The van der Waals surface area contributed by atoms with Crippen LogP contribution in [0.25, 0.3) is 22.8 Å². The average Bonchev–Trinajstić information content (AvgIpc) is 3.22. The van der Waals surface area contributed by atoms with Crippen molar-refractivity contribution in [2.45, 2.75) is 59.5 Å². The molecule has 1 aromatic carbocycles. The van der Waals surface area contributed by atoms with Gasteiger partial charge in [-0.25, -0.2) is 0 Å². The predicted molar refractivity (Wildman–Crippen MR) is 113 cm³/mol. The van der Waals surface area contributed by atoms with Gasteiger partial charge < -0.3 is 14.4 Å². The van der Waals surface area contributed by atoms with E-state index in [0.717, 1.165) is 53.0 Å². The van der Waals surface area contributed by atoms with Crippen LogP contribution in [0.15, 0.2) is 28.9 Å². The molecule has 3 rings (SSSR count). The fourth-order valence-electron chi connectivity index (χ4n) is 3.62. The van der Waals surface area contributed by atoms with Crippen molar-refractivity contribution in [3.8, 4) is 28.6 Å². The number of aliphatic hydroxyl groups is 1. The maximum Gasteiger partial charge on any atom is 0.259 e. The minimum Gasteiger partial charge on any atom is -0.496 e. The summed E-state index contributed by atoms with van der Waals surface area (Å²) in [5, 5.41) is 14.1. The quantitative estimate of drug-likeness (QED) is 0.608. The molecule has 1 N–H and O–H groups in total. The first-order valence-electron chi connectivity index (χ1n) is 10.2. The van der Waals surface area contributed by atoms with Crippen LogP contribution in [0.3, 0.4) is 0 Å². The van der Waals surface area contributed by atoms with Gasteiger partial charge in [0, 0.05) is 23.9 Å². The monoisotopic (exact) mass is 395 g/mol. The van der Waals surface area contributed by atoms with Gasteiger partial charge in [-0.1, -0.05) is 25.9 Å². The van der Waals surface area contributed by atoms with Gasteiger partial charge in [-0.15, -0.1) is 0 Å². The fraction of sp³-hybridized carbons (Fsp3) is 0.435. The Kier molecular flexibility index (Phi) is 6.64. The molecule has 0 bridgehead atoms. The first-order chi connectivity index (χ1) is 14.0. The van der Waals surface area contributed by atoms with Crippen LogP contribution >= 0.6 is 0 Å². The van der Waals surface area contributed by atoms with Gasteiger partial charge in [0.2, 0.25) is 5.82 Å². The molecule has 0 radical (unpaired) electrons. The molecule has 0 saturated carbocycles. The molecule has 1 atom stereocenters. The third kappa shape index (κ3) is 4.48. The molecular weight excluding hydrogens is 366 g/mol. The lowest BCUT2D eigenvalue weighted by Gasteiger charge is -2.15. The molecule has 0 aliphatic carbocycles. The topological polar surface area (TPSA) is 81.3 Å². The van der Waals surface area contributed by atoms with Crippen molar-refractivity contribution in [1.29, 1.82) is 0 Å². The minimum atomic E-state index is -0.472. The number of aliphatic hydroxyl groups excluding tert-OH is 1. The molecule has 0 fully saturated rings. The van der Waals surface area contributed by atoms with E-state index in [1.54, 1.807) is 20.2 Å². The van der Waals surface area contributed by atoms with E-state index in [1.807, 2.05) is 12.1 Å². The van der Waals surface area contributed by atoms with Gasteiger partial charge in [0.25, 0.3) is 5.89 Å². The lowest BCUT2D eigenvalue weighted by atomic mass is 9.98. The second-order valence-corrected chi connectivity index (χ2v) is 7.19. The molecule has 0 aliphatic rings. The zero-order valence-corrected chi connectivity index (χ0v) is 17.8. The third-order valence-electron chi connectivity index (χ3n) is 5.05. The zero-order valence-electron chi connectivity index (χ0n) is 17.8. The number of aromatic nitrogens is 3. The van der Waals surface area contributed by atoms with Crippen LogP contribution in [0.2, 0.25) is 0 Å². The van der Waals surface area contributed by atoms with Crippen molar-refractivity contribution in [2.24, 2.45) is 0 Å². The first-order valence-corrected chi connectivity index (χ1v) is 10.2. The van der Waals surface area contributed by atoms with Gasteiger partial charge in [-0.2, -0.15) is 4.98 Å². The van der Waals surface area contributed by atoms with Crippen molar-refractivity contribution < 1.29 is 14.4 Å². The average molecular weight is 396 g/mol. The Bertz CT molecular complexity index is 979. The van der Waals surface area contributed by atoms with Crippen molar-refractivity contribution >= 4 is 0 Å². The van der Waals surface area contributed by atoms with Crippen molar-refractivity contribution in [2.75, 3.05) is 7.11 Å². The summed E-state index contributed by atoms with van der Waals surface area (Å²) >= 11 is 0. The predicted octanol–water partition coefficient (Wildman–Crippen LogP) is 4.42. The summed E-state index contributed by atoms with van der Waals surface area (Å²) in [6.07, 6.45) is 4.43. The van der Waals surface area contributed by atoms with Gasteiger partial charge in [0.05, 0.1) is 18.8 Å². The number of benzene rings is 1. The normalized spacial score (nSPS) is 12.2. The highest BCUT2D eigenvalue weighted by atomic mass is 16.5. The number of hydrogen-bond donors (Lipinski definition) is 1. The fourth-order valence-corrected chi connectivity index (χ4v) is 3.62. The summed E-state index contributed by atoms with van der Waals surface area (Å²) in [7, 11) is 1.66. The van der Waals surface area contributed by atoms with E-state index < -0.39 is 6.10 Å². The summed E-state index contributed by atoms with van der Waals surface area (Å²) in [4.78, 5) is 9.16. The number of methoxy groups -OCH3 is 1. The molecule has 6 nitrogen and oxygen atoms in total. The zero-order chi connectivity index (χ0) is 21.0. The Labute approximate surface area is 172 Å². The molecule has 2 aromatic heterocycles. The molecule has 0 saturated heterocycles. The molecule has 29 heavy (non-hydrogen) atoms. The minimum absolute atomic E-state index is 0.454. The molecule has 0 aliphatic heterocycles. The maximum absolute atomic E-state index is 9.88. The van der Waals surface area contributed by atoms with E-state index in [2.05, 4.69) is 42.0 Å². The van der Waals surface area contributed by atoms with Gasteiger partial charge >= 0.3 is 0 Å². The largest absolute Gasteiger partial charge is 0.496 e. The second kappa shape index (κ2) is 9.18. The van der Waals surface area contributed by atoms with Crippen LogP contribution in [0.1, 0.15) is 50.1 Å². The van der Waals surface area contributed by atoms with Gasteiger partial charge in [0.1, 0.15) is 5.75 Å². The Balaban J connectivity index is 2.02. The molecule has 0 spiro atoms.